The first-order valence-corrected chi connectivity index (χ1v) is 6.59. The van der Waals surface area contributed by atoms with Gasteiger partial charge in [0.25, 0.3) is 0 Å². The van der Waals surface area contributed by atoms with E-state index >= 15 is 0 Å². The highest BCUT2D eigenvalue weighted by molar-refractivity contribution is 5.59. The van der Waals surface area contributed by atoms with Crippen LogP contribution in [0.1, 0.15) is 13.8 Å². The Kier molecular flexibility index (Phi) is 2.78. The maximum atomic E-state index is 9.76. The van der Waals surface area contributed by atoms with Crippen molar-refractivity contribution in [3.63, 3.8) is 0 Å². The lowest BCUT2D eigenvalue weighted by Gasteiger charge is -2.41. The molecular weight excluding hydrogens is 256 g/mol. The van der Waals surface area contributed by atoms with Crippen LogP contribution >= 0.6 is 0 Å². The molecule has 0 saturated carbocycles. The lowest BCUT2D eigenvalue weighted by atomic mass is 9.95. The normalized spacial score (nSPS) is 19.8. The Morgan fingerprint density at radius 1 is 1.15 bits per heavy atom. The number of para-hydroxylation sites is 2. The van der Waals surface area contributed by atoms with Crippen LogP contribution in [0.4, 0.5) is 5.69 Å². The molecule has 5 heteroatoms. The zero-order chi connectivity index (χ0) is 14.3. The van der Waals surface area contributed by atoms with Crippen LogP contribution < -0.4 is 10.1 Å². The Balaban J connectivity index is 1.90. The Morgan fingerprint density at radius 3 is 2.50 bits per heavy atom. The van der Waals surface area contributed by atoms with E-state index in [2.05, 4.69) is 5.32 Å². The molecule has 0 fully saturated rings. The molecule has 0 bridgehead atoms. The molecule has 106 valence electrons. The van der Waals surface area contributed by atoms with Crippen molar-refractivity contribution in [3.05, 3.63) is 36.4 Å². The minimum atomic E-state index is -0.461. The van der Waals surface area contributed by atoms with Crippen LogP contribution in [0.25, 0.3) is 0 Å². The highest BCUT2D eigenvalue weighted by atomic mass is 16.5. The molecule has 20 heavy (non-hydrogen) atoms. The number of nitrogens with one attached hydrogen (secondary N) is 1. The minimum absolute atomic E-state index is 0.0407. The zero-order valence-corrected chi connectivity index (χ0v) is 11.5. The van der Waals surface area contributed by atoms with Gasteiger partial charge in [-0.15, -0.1) is 0 Å². The molecule has 2 heterocycles. The molecule has 1 unspecified atom stereocenters. The molecule has 1 aliphatic heterocycles. The summed E-state index contributed by atoms with van der Waals surface area (Å²) in [6.07, 6.45) is 0. The molecule has 0 radical (unpaired) electrons. The van der Waals surface area contributed by atoms with Crippen LogP contribution in [0.5, 0.6) is 17.5 Å². The Hall–Kier alpha value is -2.30. The van der Waals surface area contributed by atoms with Crippen molar-refractivity contribution >= 4 is 5.69 Å². The average molecular weight is 274 g/mol. The highest BCUT2D eigenvalue weighted by Crippen LogP contribution is 2.37. The van der Waals surface area contributed by atoms with Gasteiger partial charge in [-0.1, -0.05) is 12.1 Å². The predicted octanol–water partition coefficient (Wildman–Crippen LogP) is 2.55. The number of aromatic nitrogens is 1. The number of aromatic hydroxyl groups is 2. The van der Waals surface area contributed by atoms with Gasteiger partial charge in [0, 0.05) is 12.1 Å². The average Bonchev–Trinajstić information content (AvgIpc) is 2.70. The van der Waals surface area contributed by atoms with Crippen molar-refractivity contribution < 1.29 is 14.9 Å². The van der Waals surface area contributed by atoms with Crippen LogP contribution in [0.2, 0.25) is 0 Å². The number of hydrogen-bond donors (Lipinski definition) is 3. The van der Waals surface area contributed by atoms with Crippen molar-refractivity contribution in [2.24, 2.45) is 0 Å². The number of anilines is 1. The van der Waals surface area contributed by atoms with E-state index < -0.39 is 5.60 Å². The van der Waals surface area contributed by atoms with Gasteiger partial charge in [0.05, 0.1) is 18.3 Å². The molecule has 0 aliphatic carbocycles. The largest absolute Gasteiger partial charge is 0.494 e. The summed E-state index contributed by atoms with van der Waals surface area (Å²) in [6, 6.07) is 10.6. The van der Waals surface area contributed by atoms with Crippen LogP contribution in [0.3, 0.4) is 0 Å². The van der Waals surface area contributed by atoms with Gasteiger partial charge in [0.2, 0.25) is 0 Å². The molecule has 0 amide bonds. The smallest absolute Gasteiger partial charge is 0.193 e. The summed E-state index contributed by atoms with van der Waals surface area (Å²) in [5.74, 6) is 0.896. The minimum Gasteiger partial charge on any atom is -0.494 e. The first-order chi connectivity index (χ1) is 9.47. The quantitative estimate of drug-likeness (QED) is 0.787. The third-order valence-corrected chi connectivity index (χ3v) is 3.73. The number of rotatable bonds is 2. The van der Waals surface area contributed by atoms with Crippen molar-refractivity contribution in [1.82, 2.24) is 4.57 Å². The summed E-state index contributed by atoms with van der Waals surface area (Å²) in [7, 11) is 0. The van der Waals surface area contributed by atoms with Crippen molar-refractivity contribution in [2.75, 3.05) is 5.32 Å². The number of ether oxygens (including phenoxy) is 1. The third-order valence-electron chi connectivity index (χ3n) is 3.73. The van der Waals surface area contributed by atoms with E-state index in [0.29, 0.717) is 6.54 Å². The standard InChI is InChI=1S/C15H18N2O3/c1-15(2)12(9-17-13(18)7-8-14(17)19)16-10-5-3-4-6-11(10)20-15/h3-8,12,16,18-19H,9H2,1-2H3. The second-order valence-electron chi connectivity index (χ2n) is 5.56. The van der Waals surface area contributed by atoms with E-state index in [0.717, 1.165) is 11.4 Å². The highest BCUT2D eigenvalue weighted by Gasteiger charge is 2.37. The molecule has 5 nitrogen and oxygen atoms in total. The van der Waals surface area contributed by atoms with E-state index in [4.69, 9.17) is 4.74 Å². The van der Waals surface area contributed by atoms with Crippen molar-refractivity contribution in [2.45, 2.75) is 32.0 Å². The fourth-order valence-corrected chi connectivity index (χ4v) is 2.47. The lowest BCUT2D eigenvalue weighted by Crippen LogP contribution is -2.51. The number of benzene rings is 1. The van der Waals surface area contributed by atoms with Crippen LogP contribution in [0, 0.1) is 0 Å². The summed E-state index contributed by atoms with van der Waals surface area (Å²) >= 11 is 0. The summed E-state index contributed by atoms with van der Waals surface area (Å²) in [5, 5.41) is 22.9. The number of fused-ring (bicyclic) bond motifs is 1. The van der Waals surface area contributed by atoms with Gasteiger partial charge >= 0.3 is 0 Å². The molecule has 3 rings (SSSR count). The molecule has 0 saturated heterocycles. The fourth-order valence-electron chi connectivity index (χ4n) is 2.47. The summed E-state index contributed by atoms with van der Waals surface area (Å²) in [5.41, 5.74) is 0.459. The van der Waals surface area contributed by atoms with Gasteiger partial charge in [-0.2, -0.15) is 0 Å². The van der Waals surface area contributed by atoms with E-state index in [1.807, 2.05) is 38.1 Å². The van der Waals surface area contributed by atoms with Crippen LogP contribution in [-0.2, 0) is 6.54 Å². The molecule has 1 aromatic carbocycles. The predicted molar refractivity (Wildman–Crippen MR) is 76.3 cm³/mol. The van der Waals surface area contributed by atoms with E-state index in [9.17, 15) is 10.2 Å². The van der Waals surface area contributed by atoms with Gasteiger partial charge in [0.15, 0.2) is 11.8 Å². The van der Waals surface area contributed by atoms with E-state index in [1.165, 1.54) is 16.7 Å². The Bertz CT molecular complexity index is 614. The first kappa shape index (κ1) is 12.7. The van der Waals surface area contributed by atoms with Crippen LogP contribution in [0.15, 0.2) is 36.4 Å². The summed E-state index contributed by atoms with van der Waals surface area (Å²) in [4.78, 5) is 0. The van der Waals surface area contributed by atoms with Crippen molar-refractivity contribution in [1.29, 1.82) is 0 Å². The topological polar surface area (TPSA) is 66.7 Å². The first-order valence-electron chi connectivity index (χ1n) is 6.59. The maximum Gasteiger partial charge on any atom is 0.193 e. The van der Waals surface area contributed by atoms with E-state index in [1.54, 1.807) is 0 Å². The van der Waals surface area contributed by atoms with Gasteiger partial charge in [-0.3, -0.25) is 4.57 Å². The van der Waals surface area contributed by atoms with Crippen molar-refractivity contribution in [3.8, 4) is 17.5 Å². The molecular formula is C15H18N2O3. The Labute approximate surface area is 117 Å². The van der Waals surface area contributed by atoms with Gasteiger partial charge < -0.3 is 20.3 Å². The Morgan fingerprint density at radius 2 is 1.80 bits per heavy atom. The third kappa shape index (κ3) is 2.05. The second-order valence-corrected chi connectivity index (χ2v) is 5.56. The maximum absolute atomic E-state index is 9.76. The van der Waals surface area contributed by atoms with E-state index in [-0.39, 0.29) is 17.8 Å². The molecule has 3 N–H and O–H groups in total. The van der Waals surface area contributed by atoms with Gasteiger partial charge in [0.1, 0.15) is 11.4 Å². The lowest BCUT2D eigenvalue weighted by molar-refractivity contribution is 0.0702. The summed E-state index contributed by atoms with van der Waals surface area (Å²) < 4.78 is 7.48. The number of nitrogens with zero attached hydrogens (tertiary/aromatic N) is 1. The SMILES string of the molecule is CC1(C)Oc2ccccc2NC1Cn1c(O)ccc1O. The van der Waals surface area contributed by atoms with Gasteiger partial charge in [-0.25, -0.2) is 0 Å². The number of hydrogen-bond acceptors (Lipinski definition) is 4. The fraction of sp³-hybridized carbons (Fsp3) is 0.333. The van der Waals surface area contributed by atoms with Gasteiger partial charge in [-0.05, 0) is 26.0 Å². The molecule has 1 aromatic heterocycles. The van der Waals surface area contributed by atoms with Crippen LogP contribution in [-0.4, -0.2) is 26.4 Å². The molecule has 1 aliphatic rings. The summed E-state index contributed by atoms with van der Waals surface area (Å²) in [6.45, 7) is 4.38. The molecule has 0 spiro atoms. The second kappa shape index (κ2) is 4.37. The monoisotopic (exact) mass is 274 g/mol. The molecule has 2 aromatic rings. The molecule has 1 atom stereocenters. The zero-order valence-electron chi connectivity index (χ0n) is 11.5.